The molecule has 7 heteroatoms. The summed E-state index contributed by atoms with van der Waals surface area (Å²) >= 11 is 0. The number of halogens is 2. The van der Waals surface area contributed by atoms with Crippen LogP contribution in [-0.4, -0.2) is 32.6 Å². The Labute approximate surface area is 126 Å². The van der Waals surface area contributed by atoms with Crippen molar-refractivity contribution in [3.05, 3.63) is 53.5 Å². The molecular weight excluding hydrogens is 290 g/mol. The van der Waals surface area contributed by atoms with Crippen molar-refractivity contribution >= 4 is 5.82 Å². The Morgan fingerprint density at radius 2 is 2.09 bits per heavy atom. The number of nitrogen functional groups attached to an aromatic ring is 1. The van der Waals surface area contributed by atoms with Gasteiger partial charge in [-0.2, -0.15) is 0 Å². The Morgan fingerprint density at radius 1 is 1.27 bits per heavy atom. The zero-order valence-electron chi connectivity index (χ0n) is 11.8. The number of benzene rings is 1. The quantitative estimate of drug-likeness (QED) is 0.902. The molecule has 0 saturated carbocycles. The van der Waals surface area contributed by atoms with Crippen molar-refractivity contribution in [2.75, 3.05) is 12.3 Å². The van der Waals surface area contributed by atoms with Crippen molar-refractivity contribution in [1.82, 2.24) is 14.9 Å². The largest absolute Gasteiger partial charge is 0.392 e. The molecule has 116 valence electrons. The number of likely N-dealkylation sites (tertiary alicyclic amines) is 1. The van der Waals surface area contributed by atoms with E-state index >= 15 is 0 Å². The van der Waals surface area contributed by atoms with E-state index in [1.54, 1.807) is 12.3 Å². The molecule has 2 atom stereocenters. The molecule has 0 amide bonds. The molecule has 2 heterocycles. The van der Waals surface area contributed by atoms with E-state index < -0.39 is 17.7 Å². The minimum absolute atomic E-state index is 0.213. The van der Waals surface area contributed by atoms with E-state index in [2.05, 4.69) is 9.97 Å². The fourth-order valence-corrected chi connectivity index (χ4v) is 2.79. The molecule has 2 aromatic rings. The third kappa shape index (κ3) is 3.05. The third-order valence-corrected chi connectivity index (χ3v) is 3.78. The first-order valence-electron chi connectivity index (χ1n) is 6.97. The highest BCUT2D eigenvalue weighted by Gasteiger charge is 2.32. The van der Waals surface area contributed by atoms with E-state index in [1.807, 2.05) is 4.90 Å². The molecule has 3 N–H and O–H groups in total. The van der Waals surface area contributed by atoms with E-state index in [0.29, 0.717) is 36.7 Å². The highest BCUT2D eigenvalue weighted by molar-refractivity contribution is 5.26. The summed E-state index contributed by atoms with van der Waals surface area (Å²) in [5.41, 5.74) is 6.26. The molecule has 5 nitrogen and oxygen atoms in total. The van der Waals surface area contributed by atoms with E-state index in [1.165, 1.54) is 12.1 Å². The van der Waals surface area contributed by atoms with E-state index in [0.717, 1.165) is 6.07 Å². The van der Waals surface area contributed by atoms with Gasteiger partial charge in [-0.15, -0.1) is 0 Å². The Balaban J connectivity index is 1.84. The van der Waals surface area contributed by atoms with Crippen LogP contribution >= 0.6 is 0 Å². The van der Waals surface area contributed by atoms with Crippen LogP contribution in [0.15, 0.2) is 30.5 Å². The van der Waals surface area contributed by atoms with Crippen LogP contribution in [0.2, 0.25) is 0 Å². The fourth-order valence-electron chi connectivity index (χ4n) is 2.79. The van der Waals surface area contributed by atoms with Crippen LogP contribution in [0.1, 0.15) is 23.9 Å². The van der Waals surface area contributed by atoms with Crippen molar-refractivity contribution in [1.29, 1.82) is 0 Å². The number of aliphatic hydroxyl groups is 1. The topological polar surface area (TPSA) is 75.3 Å². The first kappa shape index (κ1) is 14.8. The number of aliphatic hydroxyl groups excluding tert-OH is 1. The van der Waals surface area contributed by atoms with Crippen LogP contribution in [0, 0.1) is 11.6 Å². The van der Waals surface area contributed by atoms with Crippen molar-refractivity contribution in [3.63, 3.8) is 0 Å². The van der Waals surface area contributed by atoms with E-state index in [4.69, 9.17) is 5.73 Å². The van der Waals surface area contributed by atoms with Crippen molar-refractivity contribution in [2.24, 2.45) is 0 Å². The van der Waals surface area contributed by atoms with Gasteiger partial charge >= 0.3 is 0 Å². The predicted molar refractivity (Wildman–Crippen MR) is 76.6 cm³/mol. The minimum atomic E-state index is -0.890. The van der Waals surface area contributed by atoms with Crippen LogP contribution in [0.4, 0.5) is 14.6 Å². The van der Waals surface area contributed by atoms with E-state index in [9.17, 15) is 13.9 Å². The monoisotopic (exact) mass is 306 g/mol. The second-order valence-corrected chi connectivity index (χ2v) is 5.41. The van der Waals surface area contributed by atoms with Crippen molar-refractivity contribution < 1.29 is 13.9 Å². The number of nitrogens with two attached hydrogens (primary N) is 1. The summed E-state index contributed by atoms with van der Waals surface area (Å²) in [6, 6.07) is 5.19. The van der Waals surface area contributed by atoms with Crippen LogP contribution in [0.5, 0.6) is 0 Å². The number of anilines is 1. The van der Waals surface area contributed by atoms with Gasteiger partial charge < -0.3 is 10.8 Å². The molecule has 1 aliphatic rings. The summed E-state index contributed by atoms with van der Waals surface area (Å²) < 4.78 is 26.5. The lowest BCUT2D eigenvalue weighted by atomic mass is 10.0. The molecule has 0 radical (unpaired) electrons. The summed E-state index contributed by atoms with van der Waals surface area (Å²) in [7, 11) is 0. The van der Waals surface area contributed by atoms with Crippen LogP contribution in [0.3, 0.4) is 0 Å². The molecular formula is C15H16F2N4O. The Bertz CT molecular complexity index is 682. The summed E-state index contributed by atoms with van der Waals surface area (Å²) in [6.07, 6.45) is 1.49. The molecule has 1 aromatic heterocycles. The average molecular weight is 306 g/mol. The minimum Gasteiger partial charge on any atom is -0.392 e. The first-order valence-corrected chi connectivity index (χ1v) is 6.97. The Kier molecular flexibility index (Phi) is 4.00. The number of β-amino-alcohol motifs (C(OH)–C–C–N with tert-alkyl or cyclic N) is 1. The lowest BCUT2D eigenvalue weighted by Gasteiger charge is -2.23. The van der Waals surface area contributed by atoms with Crippen molar-refractivity contribution in [3.8, 4) is 0 Å². The number of nitrogens with zero attached hydrogens (tertiary/aromatic N) is 3. The molecule has 0 unspecified atom stereocenters. The summed E-state index contributed by atoms with van der Waals surface area (Å²) in [5.74, 6) is -0.872. The highest BCUT2D eigenvalue weighted by atomic mass is 19.2. The van der Waals surface area contributed by atoms with Gasteiger partial charge in [-0.05, 0) is 30.2 Å². The van der Waals surface area contributed by atoms with Gasteiger partial charge in [0, 0.05) is 18.8 Å². The normalized spacial score (nSPS) is 22.1. The van der Waals surface area contributed by atoms with Gasteiger partial charge in [0.25, 0.3) is 0 Å². The number of hydrogen-bond acceptors (Lipinski definition) is 5. The fraction of sp³-hybridized carbons (Fsp3) is 0.333. The maximum absolute atomic E-state index is 13.4. The summed E-state index contributed by atoms with van der Waals surface area (Å²) in [4.78, 5) is 10.2. The number of hydrogen-bond donors (Lipinski definition) is 2. The Morgan fingerprint density at radius 3 is 2.82 bits per heavy atom. The van der Waals surface area contributed by atoms with Crippen molar-refractivity contribution in [2.45, 2.75) is 25.1 Å². The molecule has 0 aliphatic carbocycles. The Hall–Kier alpha value is -2.12. The first-order chi connectivity index (χ1) is 10.5. The molecule has 1 aliphatic heterocycles. The standard InChI is InChI=1S/C15H16F2N4O/c16-11-2-1-9(5-12(11)17)13-6-10(22)7-21(13)8-15-19-4-3-14(18)20-15/h1-5,10,13,22H,6-8H2,(H2,18,19,20)/t10-,13-/m0/s1. The predicted octanol–water partition coefficient (Wildman–Crippen LogP) is 1.64. The number of rotatable bonds is 3. The lowest BCUT2D eigenvalue weighted by Crippen LogP contribution is -2.25. The zero-order chi connectivity index (χ0) is 15.7. The molecule has 1 fully saturated rings. The van der Waals surface area contributed by atoms with Crippen LogP contribution in [-0.2, 0) is 6.54 Å². The van der Waals surface area contributed by atoms with E-state index in [-0.39, 0.29) is 6.04 Å². The van der Waals surface area contributed by atoms with Crippen LogP contribution in [0.25, 0.3) is 0 Å². The summed E-state index contributed by atoms with van der Waals surface area (Å²) in [5, 5.41) is 9.91. The highest BCUT2D eigenvalue weighted by Crippen LogP contribution is 2.33. The van der Waals surface area contributed by atoms with Crippen LogP contribution < -0.4 is 5.73 Å². The lowest BCUT2D eigenvalue weighted by molar-refractivity contribution is 0.171. The molecule has 1 aromatic carbocycles. The second kappa shape index (κ2) is 5.94. The van der Waals surface area contributed by atoms with Gasteiger partial charge in [-0.3, -0.25) is 4.90 Å². The molecule has 0 spiro atoms. The average Bonchev–Trinajstić information content (AvgIpc) is 2.82. The second-order valence-electron chi connectivity index (χ2n) is 5.41. The molecule has 22 heavy (non-hydrogen) atoms. The molecule has 3 rings (SSSR count). The number of aromatic nitrogens is 2. The molecule has 0 bridgehead atoms. The maximum atomic E-state index is 13.4. The van der Waals surface area contributed by atoms with Gasteiger partial charge in [0.15, 0.2) is 11.6 Å². The van der Waals surface area contributed by atoms with Gasteiger partial charge in [0.1, 0.15) is 11.6 Å². The molecule has 1 saturated heterocycles. The smallest absolute Gasteiger partial charge is 0.159 e. The maximum Gasteiger partial charge on any atom is 0.159 e. The SMILES string of the molecule is Nc1ccnc(CN2C[C@@H](O)C[C@H]2c2ccc(F)c(F)c2)n1. The van der Waals surface area contributed by atoms with Gasteiger partial charge in [0.05, 0.1) is 12.6 Å². The third-order valence-electron chi connectivity index (χ3n) is 3.78. The summed E-state index contributed by atoms with van der Waals surface area (Å²) in [6.45, 7) is 0.799. The van der Waals surface area contributed by atoms with Gasteiger partial charge in [0.2, 0.25) is 0 Å². The van der Waals surface area contributed by atoms with Gasteiger partial charge in [-0.1, -0.05) is 6.07 Å². The zero-order valence-corrected chi connectivity index (χ0v) is 11.8. The van der Waals surface area contributed by atoms with Gasteiger partial charge in [-0.25, -0.2) is 18.7 Å².